The summed E-state index contributed by atoms with van der Waals surface area (Å²) in [5, 5.41) is 2.99. The van der Waals surface area contributed by atoms with Crippen LogP contribution in [0.1, 0.15) is 39.0 Å². The molecule has 1 N–H and O–H groups in total. The van der Waals surface area contributed by atoms with Crippen LogP contribution in [0.3, 0.4) is 0 Å². The SMILES string of the molecule is CCn1c(=O)n(C(=O)NCCC23CCCN2CCC3)c2ccccc21. The first-order valence-electron chi connectivity index (χ1n) is 9.40. The number of para-hydroxylation sites is 2. The van der Waals surface area contributed by atoms with E-state index in [0.717, 1.165) is 11.9 Å². The van der Waals surface area contributed by atoms with E-state index >= 15 is 0 Å². The lowest BCUT2D eigenvalue weighted by Crippen LogP contribution is -2.43. The number of aryl methyl sites for hydroxylation is 1. The molecule has 0 unspecified atom stereocenters. The lowest BCUT2D eigenvalue weighted by atomic mass is 9.90. The molecule has 25 heavy (non-hydrogen) atoms. The van der Waals surface area contributed by atoms with E-state index in [4.69, 9.17) is 0 Å². The van der Waals surface area contributed by atoms with Gasteiger partial charge in [0.05, 0.1) is 11.0 Å². The summed E-state index contributed by atoms with van der Waals surface area (Å²) in [6, 6.07) is 7.16. The van der Waals surface area contributed by atoms with Crippen molar-refractivity contribution in [2.75, 3.05) is 19.6 Å². The number of amides is 1. The van der Waals surface area contributed by atoms with Gasteiger partial charge in [0.2, 0.25) is 0 Å². The number of benzene rings is 1. The molecule has 0 saturated carbocycles. The van der Waals surface area contributed by atoms with Gasteiger partial charge in [-0.3, -0.25) is 9.47 Å². The number of fused-ring (bicyclic) bond motifs is 2. The molecule has 6 nitrogen and oxygen atoms in total. The van der Waals surface area contributed by atoms with E-state index in [2.05, 4.69) is 10.2 Å². The number of nitrogens with one attached hydrogen (secondary N) is 1. The molecule has 0 bridgehead atoms. The lowest BCUT2D eigenvalue weighted by Gasteiger charge is -2.32. The maximum absolute atomic E-state index is 12.7. The van der Waals surface area contributed by atoms with Gasteiger partial charge in [-0.05, 0) is 64.3 Å². The Balaban J connectivity index is 1.51. The fourth-order valence-electron chi connectivity index (χ4n) is 4.82. The number of rotatable bonds is 4. The molecular formula is C19H26N4O2. The van der Waals surface area contributed by atoms with Gasteiger partial charge in [0, 0.05) is 18.6 Å². The second-order valence-corrected chi connectivity index (χ2v) is 7.25. The van der Waals surface area contributed by atoms with Crippen molar-refractivity contribution in [3.05, 3.63) is 34.7 Å². The zero-order chi connectivity index (χ0) is 17.4. The van der Waals surface area contributed by atoms with Crippen LogP contribution in [0.4, 0.5) is 4.79 Å². The third-order valence-electron chi connectivity index (χ3n) is 6.03. The van der Waals surface area contributed by atoms with E-state index in [1.165, 1.54) is 43.3 Å². The third-order valence-corrected chi connectivity index (χ3v) is 6.03. The Morgan fingerprint density at radius 2 is 1.84 bits per heavy atom. The molecule has 0 radical (unpaired) electrons. The van der Waals surface area contributed by atoms with Crippen LogP contribution in [0.25, 0.3) is 11.0 Å². The molecule has 2 aliphatic rings. The van der Waals surface area contributed by atoms with Crippen molar-refractivity contribution in [3.63, 3.8) is 0 Å². The van der Waals surface area contributed by atoms with Crippen LogP contribution in [-0.2, 0) is 6.54 Å². The first-order chi connectivity index (χ1) is 12.2. The molecule has 1 amide bonds. The first-order valence-corrected chi connectivity index (χ1v) is 9.40. The van der Waals surface area contributed by atoms with Crippen LogP contribution in [0, 0.1) is 0 Å². The fraction of sp³-hybridized carbons (Fsp3) is 0.579. The van der Waals surface area contributed by atoms with E-state index in [1.54, 1.807) is 4.57 Å². The fourth-order valence-corrected chi connectivity index (χ4v) is 4.82. The van der Waals surface area contributed by atoms with Gasteiger partial charge in [0.1, 0.15) is 0 Å². The number of carbonyl (C=O) groups is 1. The highest BCUT2D eigenvalue weighted by Gasteiger charge is 2.43. The minimum absolute atomic E-state index is 0.261. The average molecular weight is 342 g/mol. The summed E-state index contributed by atoms with van der Waals surface area (Å²) in [6.07, 6.45) is 5.96. The van der Waals surface area contributed by atoms with E-state index < -0.39 is 0 Å². The van der Waals surface area contributed by atoms with Gasteiger partial charge in [-0.1, -0.05) is 12.1 Å². The van der Waals surface area contributed by atoms with Gasteiger partial charge in [0.25, 0.3) is 0 Å². The molecule has 6 heteroatoms. The average Bonchev–Trinajstić information content (AvgIpc) is 3.24. The van der Waals surface area contributed by atoms with Crippen molar-refractivity contribution >= 4 is 17.1 Å². The van der Waals surface area contributed by atoms with Crippen molar-refractivity contribution in [2.24, 2.45) is 0 Å². The highest BCUT2D eigenvalue weighted by Crippen LogP contribution is 2.40. The Morgan fingerprint density at radius 3 is 2.52 bits per heavy atom. The summed E-state index contributed by atoms with van der Waals surface area (Å²) in [4.78, 5) is 27.9. The summed E-state index contributed by atoms with van der Waals surface area (Å²) in [5.74, 6) is 0. The van der Waals surface area contributed by atoms with Gasteiger partial charge in [-0.25, -0.2) is 14.2 Å². The standard InChI is InChI=1S/C19H26N4O2/c1-2-22-15-7-3-4-8-16(15)23(18(22)25)17(24)20-12-11-19-9-5-13-21(19)14-6-10-19/h3-4,7-8H,2,5-6,9-14H2,1H3,(H,20,24). The molecular weight excluding hydrogens is 316 g/mol. The molecule has 1 aromatic heterocycles. The molecule has 2 saturated heterocycles. The van der Waals surface area contributed by atoms with Gasteiger partial charge in [-0.2, -0.15) is 0 Å². The Kier molecular flexibility index (Phi) is 4.15. The number of aromatic nitrogens is 2. The minimum Gasteiger partial charge on any atom is -0.337 e. The zero-order valence-corrected chi connectivity index (χ0v) is 14.8. The molecule has 2 aromatic rings. The highest BCUT2D eigenvalue weighted by atomic mass is 16.2. The Labute approximate surface area is 147 Å². The molecule has 2 aliphatic heterocycles. The quantitative estimate of drug-likeness (QED) is 0.928. The van der Waals surface area contributed by atoms with Gasteiger partial charge in [-0.15, -0.1) is 0 Å². The monoisotopic (exact) mass is 342 g/mol. The largest absolute Gasteiger partial charge is 0.337 e. The van der Waals surface area contributed by atoms with Crippen LogP contribution in [0.2, 0.25) is 0 Å². The predicted octanol–water partition coefficient (Wildman–Crippen LogP) is 2.40. The van der Waals surface area contributed by atoms with Crippen molar-refractivity contribution in [1.82, 2.24) is 19.4 Å². The molecule has 0 atom stereocenters. The molecule has 3 heterocycles. The Hall–Kier alpha value is -2.08. The number of imidazole rings is 1. The van der Waals surface area contributed by atoms with Crippen molar-refractivity contribution in [1.29, 1.82) is 0 Å². The molecule has 0 spiro atoms. The van der Waals surface area contributed by atoms with Gasteiger partial charge >= 0.3 is 11.7 Å². The van der Waals surface area contributed by atoms with E-state index in [1.807, 2.05) is 31.2 Å². The second kappa shape index (κ2) is 6.33. The molecule has 0 aliphatic carbocycles. The van der Waals surface area contributed by atoms with Gasteiger partial charge in [0.15, 0.2) is 0 Å². The van der Waals surface area contributed by atoms with E-state index in [-0.39, 0.29) is 17.3 Å². The maximum atomic E-state index is 12.7. The predicted molar refractivity (Wildman–Crippen MR) is 98.1 cm³/mol. The molecule has 134 valence electrons. The van der Waals surface area contributed by atoms with Crippen LogP contribution >= 0.6 is 0 Å². The summed E-state index contributed by atoms with van der Waals surface area (Å²) in [5.41, 5.74) is 1.51. The Bertz CT molecular complexity index is 841. The number of hydrogen-bond acceptors (Lipinski definition) is 3. The highest BCUT2D eigenvalue weighted by molar-refractivity contribution is 5.89. The normalized spacial score (nSPS) is 19.4. The summed E-state index contributed by atoms with van der Waals surface area (Å²) >= 11 is 0. The molecule has 1 aromatic carbocycles. The van der Waals surface area contributed by atoms with Gasteiger partial charge < -0.3 is 5.32 Å². The van der Waals surface area contributed by atoms with Crippen LogP contribution in [0.15, 0.2) is 29.1 Å². The van der Waals surface area contributed by atoms with Crippen molar-refractivity contribution in [2.45, 2.75) is 51.1 Å². The van der Waals surface area contributed by atoms with Crippen LogP contribution < -0.4 is 11.0 Å². The third kappa shape index (κ3) is 2.59. The van der Waals surface area contributed by atoms with Crippen LogP contribution in [-0.4, -0.2) is 45.2 Å². The number of carbonyl (C=O) groups excluding carboxylic acids is 1. The van der Waals surface area contributed by atoms with Crippen molar-refractivity contribution < 1.29 is 4.79 Å². The van der Waals surface area contributed by atoms with Crippen LogP contribution in [0.5, 0.6) is 0 Å². The van der Waals surface area contributed by atoms with E-state index in [9.17, 15) is 9.59 Å². The van der Waals surface area contributed by atoms with Crippen molar-refractivity contribution in [3.8, 4) is 0 Å². The first kappa shape index (κ1) is 16.4. The zero-order valence-electron chi connectivity index (χ0n) is 14.8. The topological polar surface area (TPSA) is 59.3 Å². The smallest absolute Gasteiger partial charge is 0.337 e. The summed E-state index contributed by atoms with van der Waals surface area (Å²) in [6.45, 7) is 5.48. The summed E-state index contributed by atoms with van der Waals surface area (Å²) in [7, 11) is 0. The lowest BCUT2D eigenvalue weighted by molar-refractivity contribution is 0.181. The number of hydrogen-bond donors (Lipinski definition) is 1. The molecule has 2 fully saturated rings. The summed E-state index contributed by atoms with van der Waals surface area (Å²) < 4.78 is 2.92. The minimum atomic E-state index is -0.313. The second-order valence-electron chi connectivity index (χ2n) is 7.25. The molecule has 4 rings (SSSR count). The number of nitrogens with zero attached hydrogens (tertiary/aromatic N) is 3. The maximum Gasteiger partial charge on any atom is 0.337 e. The van der Waals surface area contributed by atoms with E-state index in [0.29, 0.717) is 18.6 Å². The Morgan fingerprint density at radius 1 is 1.16 bits per heavy atom.